The summed E-state index contributed by atoms with van der Waals surface area (Å²) in [5.41, 5.74) is 1.21. The molecular weight excluding hydrogens is 278 g/mol. The summed E-state index contributed by atoms with van der Waals surface area (Å²) in [4.78, 5) is 23.7. The maximum absolute atomic E-state index is 12.4. The maximum atomic E-state index is 12.4. The Morgan fingerprint density at radius 2 is 1.82 bits per heavy atom. The first-order valence-electron chi connectivity index (χ1n) is 8.19. The lowest BCUT2D eigenvalue weighted by atomic mass is 9.78. The number of hydrogen-bond donors (Lipinski definition) is 2. The van der Waals surface area contributed by atoms with Gasteiger partial charge in [-0.2, -0.15) is 0 Å². The molecule has 0 spiro atoms. The predicted molar refractivity (Wildman–Crippen MR) is 85.6 cm³/mol. The van der Waals surface area contributed by atoms with Crippen LogP contribution in [0.15, 0.2) is 30.3 Å². The quantitative estimate of drug-likeness (QED) is 0.848. The highest BCUT2D eigenvalue weighted by atomic mass is 16.4. The molecule has 0 unspecified atom stereocenters. The van der Waals surface area contributed by atoms with Crippen LogP contribution in [0.25, 0.3) is 0 Å². The molecule has 4 heteroatoms. The van der Waals surface area contributed by atoms with Gasteiger partial charge in [0.15, 0.2) is 0 Å². The number of aliphatic carboxylic acids is 1. The summed E-state index contributed by atoms with van der Waals surface area (Å²) < 4.78 is 0. The van der Waals surface area contributed by atoms with Crippen molar-refractivity contribution in [3.8, 4) is 0 Å². The van der Waals surface area contributed by atoms with Gasteiger partial charge in [0.2, 0.25) is 5.91 Å². The SMILES string of the molecule is CC[C@@H](CNC(=O)[C@H]1CCCC[C@@H]1C(=O)O)c1ccccc1. The zero-order valence-corrected chi connectivity index (χ0v) is 13.1. The fourth-order valence-electron chi connectivity index (χ4n) is 3.32. The third kappa shape index (κ3) is 4.09. The third-order valence-corrected chi connectivity index (χ3v) is 4.71. The second kappa shape index (κ2) is 7.97. The van der Waals surface area contributed by atoms with Gasteiger partial charge in [-0.05, 0) is 24.8 Å². The molecule has 2 N–H and O–H groups in total. The monoisotopic (exact) mass is 303 g/mol. The lowest BCUT2D eigenvalue weighted by Gasteiger charge is -2.28. The van der Waals surface area contributed by atoms with E-state index >= 15 is 0 Å². The molecule has 1 aliphatic carbocycles. The topological polar surface area (TPSA) is 66.4 Å². The maximum Gasteiger partial charge on any atom is 0.307 e. The van der Waals surface area contributed by atoms with Gasteiger partial charge in [0.1, 0.15) is 0 Å². The highest BCUT2D eigenvalue weighted by Gasteiger charge is 2.35. The van der Waals surface area contributed by atoms with Crippen molar-refractivity contribution in [2.45, 2.75) is 44.9 Å². The van der Waals surface area contributed by atoms with Crippen LogP contribution in [-0.2, 0) is 9.59 Å². The standard InChI is InChI=1S/C18H25NO3/c1-2-13(14-8-4-3-5-9-14)12-19-17(20)15-10-6-7-11-16(15)18(21)22/h3-5,8-9,13,15-16H,2,6-7,10-12H2,1H3,(H,19,20)(H,21,22)/t13-,15-,16-/m0/s1. The van der Waals surface area contributed by atoms with Crippen LogP contribution in [0.5, 0.6) is 0 Å². The molecule has 22 heavy (non-hydrogen) atoms. The van der Waals surface area contributed by atoms with Crippen LogP contribution in [0.2, 0.25) is 0 Å². The van der Waals surface area contributed by atoms with Crippen LogP contribution in [-0.4, -0.2) is 23.5 Å². The number of rotatable bonds is 6. The van der Waals surface area contributed by atoms with Crippen LogP contribution < -0.4 is 5.32 Å². The van der Waals surface area contributed by atoms with Crippen LogP contribution in [0.3, 0.4) is 0 Å². The normalized spacial score (nSPS) is 22.8. The molecule has 2 rings (SSSR count). The van der Waals surface area contributed by atoms with Gasteiger partial charge in [-0.25, -0.2) is 0 Å². The number of carboxylic acid groups (broad SMARTS) is 1. The van der Waals surface area contributed by atoms with E-state index in [-0.39, 0.29) is 17.7 Å². The summed E-state index contributed by atoms with van der Waals surface area (Å²) in [6, 6.07) is 10.1. The molecule has 0 bridgehead atoms. The Morgan fingerprint density at radius 1 is 1.18 bits per heavy atom. The van der Waals surface area contributed by atoms with E-state index in [9.17, 15) is 14.7 Å². The molecule has 0 saturated heterocycles. The van der Waals surface area contributed by atoms with Crippen molar-refractivity contribution in [3.63, 3.8) is 0 Å². The minimum absolute atomic E-state index is 0.0959. The fourth-order valence-corrected chi connectivity index (χ4v) is 3.32. The van der Waals surface area contributed by atoms with E-state index in [2.05, 4.69) is 24.4 Å². The van der Waals surface area contributed by atoms with Crippen LogP contribution in [0, 0.1) is 11.8 Å². The molecule has 0 radical (unpaired) electrons. The summed E-state index contributed by atoms with van der Waals surface area (Å²) in [5.74, 6) is -1.56. The molecule has 1 aliphatic rings. The molecule has 1 amide bonds. The molecule has 1 aromatic carbocycles. The largest absolute Gasteiger partial charge is 0.481 e. The van der Waals surface area contributed by atoms with Gasteiger partial charge >= 0.3 is 5.97 Å². The van der Waals surface area contributed by atoms with Gasteiger partial charge in [-0.15, -0.1) is 0 Å². The molecule has 0 heterocycles. The number of hydrogen-bond acceptors (Lipinski definition) is 2. The minimum Gasteiger partial charge on any atom is -0.481 e. The summed E-state index contributed by atoms with van der Waals surface area (Å²) >= 11 is 0. The number of carbonyl (C=O) groups is 2. The van der Waals surface area contributed by atoms with Crippen LogP contribution in [0.4, 0.5) is 0 Å². The molecule has 1 saturated carbocycles. The Balaban J connectivity index is 1.94. The molecule has 0 aromatic heterocycles. The zero-order valence-electron chi connectivity index (χ0n) is 13.1. The molecule has 3 atom stereocenters. The van der Waals surface area contributed by atoms with Crippen LogP contribution >= 0.6 is 0 Å². The summed E-state index contributed by atoms with van der Waals surface area (Å²) in [6.45, 7) is 2.67. The average molecular weight is 303 g/mol. The second-order valence-corrected chi connectivity index (χ2v) is 6.10. The first-order valence-corrected chi connectivity index (χ1v) is 8.19. The molecular formula is C18H25NO3. The predicted octanol–water partition coefficient (Wildman–Crippen LogP) is 3.19. The summed E-state index contributed by atoms with van der Waals surface area (Å²) in [7, 11) is 0. The summed E-state index contributed by atoms with van der Waals surface area (Å²) in [6.07, 6.45) is 4.09. The van der Waals surface area contributed by atoms with Gasteiger partial charge in [-0.3, -0.25) is 9.59 Å². The number of amides is 1. The van der Waals surface area contributed by atoms with Crippen molar-refractivity contribution in [3.05, 3.63) is 35.9 Å². The molecule has 4 nitrogen and oxygen atoms in total. The Bertz CT molecular complexity index is 500. The van der Waals surface area contributed by atoms with Gasteiger partial charge in [0.05, 0.1) is 11.8 Å². The van der Waals surface area contributed by atoms with Crippen molar-refractivity contribution >= 4 is 11.9 Å². The molecule has 1 fully saturated rings. The van der Waals surface area contributed by atoms with E-state index in [0.717, 1.165) is 19.3 Å². The third-order valence-electron chi connectivity index (χ3n) is 4.71. The number of nitrogens with one attached hydrogen (secondary N) is 1. The minimum atomic E-state index is -0.838. The number of carboxylic acids is 1. The van der Waals surface area contributed by atoms with Crippen LogP contribution in [0.1, 0.15) is 50.5 Å². The van der Waals surface area contributed by atoms with Crippen molar-refractivity contribution in [2.75, 3.05) is 6.54 Å². The Kier molecular flexibility index (Phi) is 5.99. The van der Waals surface area contributed by atoms with Gasteiger partial charge in [-0.1, -0.05) is 50.1 Å². The van der Waals surface area contributed by atoms with Crippen molar-refractivity contribution in [1.29, 1.82) is 0 Å². The van der Waals surface area contributed by atoms with Crippen molar-refractivity contribution in [1.82, 2.24) is 5.32 Å². The lowest BCUT2D eigenvalue weighted by molar-refractivity contribution is -0.148. The molecule has 0 aliphatic heterocycles. The van der Waals surface area contributed by atoms with Crippen molar-refractivity contribution < 1.29 is 14.7 Å². The number of benzene rings is 1. The van der Waals surface area contributed by atoms with E-state index in [0.29, 0.717) is 19.4 Å². The first-order chi connectivity index (χ1) is 10.6. The number of carbonyl (C=O) groups excluding carboxylic acids is 1. The fraction of sp³-hybridized carbons (Fsp3) is 0.556. The van der Waals surface area contributed by atoms with Gasteiger partial charge in [0, 0.05) is 12.5 Å². The Labute approximate surface area is 131 Å². The van der Waals surface area contributed by atoms with Gasteiger partial charge in [0.25, 0.3) is 0 Å². The molecule has 120 valence electrons. The van der Waals surface area contributed by atoms with E-state index in [1.165, 1.54) is 5.56 Å². The Hall–Kier alpha value is -1.84. The highest BCUT2D eigenvalue weighted by molar-refractivity contribution is 5.84. The zero-order chi connectivity index (χ0) is 15.9. The van der Waals surface area contributed by atoms with E-state index in [4.69, 9.17) is 0 Å². The Morgan fingerprint density at radius 3 is 2.41 bits per heavy atom. The van der Waals surface area contributed by atoms with Crippen molar-refractivity contribution in [2.24, 2.45) is 11.8 Å². The molecule has 1 aromatic rings. The van der Waals surface area contributed by atoms with Gasteiger partial charge < -0.3 is 10.4 Å². The smallest absolute Gasteiger partial charge is 0.307 e. The van der Waals surface area contributed by atoms with E-state index in [1.807, 2.05) is 18.2 Å². The summed E-state index contributed by atoms with van der Waals surface area (Å²) in [5, 5.41) is 12.3. The first kappa shape index (κ1) is 16.5. The average Bonchev–Trinajstić information content (AvgIpc) is 2.56. The van der Waals surface area contributed by atoms with E-state index < -0.39 is 11.9 Å². The van der Waals surface area contributed by atoms with E-state index in [1.54, 1.807) is 0 Å². The highest BCUT2D eigenvalue weighted by Crippen LogP contribution is 2.30. The second-order valence-electron chi connectivity index (χ2n) is 6.10. The lowest BCUT2D eigenvalue weighted by Crippen LogP contribution is -2.41.